The Labute approximate surface area is 127 Å². The Morgan fingerprint density at radius 3 is 2.29 bits per heavy atom. The average Bonchev–Trinajstić information content (AvgIpc) is 2.53. The van der Waals surface area contributed by atoms with Crippen molar-refractivity contribution in [2.75, 3.05) is 21.3 Å². The predicted octanol–water partition coefficient (Wildman–Crippen LogP) is 3.33. The molecule has 0 heterocycles. The van der Waals surface area contributed by atoms with Crippen LogP contribution in [0.25, 0.3) is 0 Å². The van der Waals surface area contributed by atoms with Gasteiger partial charge in [0.2, 0.25) is 0 Å². The second kappa shape index (κ2) is 6.67. The van der Waals surface area contributed by atoms with Gasteiger partial charge >= 0.3 is 0 Å². The SMILES string of the molecule is COc1cccc(OC)c1C(O)C1(OC)CCCC(C)C1. The van der Waals surface area contributed by atoms with Crippen LogP contribution in [0.3, 0.4) is 0 Å². The fourth-order valence-corrected chi connectivity index (χ4v) is 3.50. The van der Waals surface area contributed by atoms with E-state index in [0.29, 0.717) is 23.0 Å². The molecule has 0 spiro atoms. The van der Waals surface area contributed by atoms with Gasteiger partial charge < -0.3 is 19.3 Å². The van der Waals surface area contributed by atoms with E-state index in [1.807, 2.05) is 18.2 Å². The van der Waals surface area contributed by atoms with Crippen LogP contribution >= 0.6 is 0 Å². The number of hydrogen-bond donors (Lipinski definition) is 1. The van der Waals surface area contributed by atoms with Gasteiger partial charge in [-0.1, -0.05) is 25.8 Å². The molecule has 0 amide bonds. The van der Waals surface area contributed by atoms with E-state index in [2.05, 4.69) is 6.92 Å². The topological polar surface area (TPSA) is 47.9 Å². The predicted molar refractivity (Wildman–Crippen MR) is 81.9 cm³/mol. The molecule has 3 unspecified atom stereocenters. The lowest BCUT2D eigenvalue weighted by atomic mass is 9.73. The first-order valence-corrected chi connectivity index (χ1v) is 7.52. The molecule has 4 nitrogen and oxygen atoms in total. The number of hydrogen-bond acceptors (Lipinski definition) is 4. The van der Waals surface area contributed by atoms with Crippen molar-refractivity contribution in [2.24, 2.45) is 5.92 Å². The lowest BCUT2D eigenvalue weighted by Crippen LogP contribution is -2.43. The number of aliphatic hydroxyl groups is 1. The summed E-state index contributed by atoms with van der Waals surface area (Å²) in [5.74, 6) is 1.81. The smallest absolute Gasteiger partial charge is 0.128 e. The monoisotopic (exact) mass is 294 g/mol. The molecule has 4 heteroatoms. The number of benzene rings is 1. The molecule has 0 aliphatic heterocycles. The summed E-state index contributed by atoms with van der Waals surface area (Å²) < 4.78 is 16.6. The Bertz CT molecular complexity index is 452. The van der Waals surface area contributed by atoms with Crippen LogP contribution in [-0.2, 0) is 4.74 Å². The Morgan fingerprint density at radius 2 is 1.81 bits per heavy atom. The van der Waals surface area contributed by atoms with E-state index in [9.17, 15) is 5.11 Å². The summed E-state index contributed by atoms with van der Waals surface area (Å²) in [7, 11) is 4.89. The molecule has 1 fully saturated rings. The molecule has 1 aliphatic carbocycles. The Morgan fingerprint density at radius 1 is 1.19 bits per heavy atom. The van der Waals surface area contributed by atoms with Crippen molar-refractivity contribution in [3.8, 4) is 11.5 Å². The summed E-state index contributed by atoms with van der Waals surface area (Å²) in [5.41, 5.74) is 0.109. The second-order valence-electron chi connectivity index (χ2n) is 5.95. The maximum atomic E-state index is 11.1. The Balaban J connectivity index is 2.44. The van der Waals surface area contributed by atoms with Gasteiger partial charge in [0.25, 0.3) is 0 Å². The first-order chi connectivity index (χ1) is 10.1. The fourth-order valence-electron chi connectivity index (χ4n) is 3.50. The van der Waals surface area contributed by atoms with Crippen molar-refractivity contribution in [2.45, 2.75) is 44.3 Å². The molecule has 1 saturated carbocycles. The minimum absolute atomic E-state index is 0.536. The molecule has 0 saturated heterocycles. The number of rotatable bonds is 5. The first-order valence-electron chi connectivity index (χ1n) is 7.52. The third kappa shape index (κ3) is 3.01. The molecule has 2 rings (SSSR count). The molecule has 1 N–H and O–H groups in total. The number of ether oxygens (including phenoxy) is 3. The van der Waals surface area contributed by atoms with Gasteiger partial charge in [-0.25, -0.2) is 0 Å². The van der Waals surface area contributed by atoms with Gasteiger partial charge in [0.05, 0.1) is 25.4 Å². The third-order valence-corrected chi connectivity index (χ3v) is 4.64. The van der Waals surface area contributed by atoms with Gasteiger partial charge in [-0.15, -0.1) is 0 Å². The summed E-state index contributed by atoms with van der Waals surface area (Å²) in [4.78, 5) is 0. The molecule has 118 valence electrons. The van der Waals surface area contributed by atoms with E-state index < -0.39 is 11.7 Å². The van der Waals surface area contributed by atoms with Crippen LogP contribution in [0.1, 0.15) is 44.3 Å². The second-order valence-corrected chi connectivity index (χ2v) is 5.95. The normalized spacial score (nSPS) is 27.2. The van der Waals surface area contributed by atoms with Crippen LogP contribution in [0.15, 0.2) is 18.2 Å². The maximum Gasteiger partial charge on any atom is 0.128 e. The van der Waals surface area contributed by atoms with Crippen LogP contribution in [-0.4, -0.2) is 32.0 Å². The number of aliphatic hydroxyl groups excluding tert-OH is 1. The highest BCUT2D eigenvalue weighted by Crippen LogP contribution is 2.47. The summed E-state index contributed by atoms with van der Waals surface area (Å²) in [6, 6.07) is 5.55. The van der Waals surface area contributed by atoms with E-state index in [0.717, 1.165) is 19.3 Å². The summed E-state index contributed by atoms with van der Waals surface area (Å²) in [5, 5.41) is 11.1. The molecule has 0 radical (unpaired) electrons. The van der Waals surface area contributed by atoms with Gasteiger partial charge in [-0.2, -0.15) is 0 Å². The Hall–Kier alpha value is -1.26. The van der Waals surface area contributed by atoms with E-state index in [1.54, 1.807) is 21.3 Å². The molecule has 1 aromatic carbocycles. The highest BCUT2D eigenvalue weighted by atomic mass is 16.5. The minimum Gasteiger partial charge on any atom is -0.496 e. The van der Waals surface area contributed by atoms with Crippen molar-refractivity contribution in [1.82, 2.24) is 0 Å². The van der Waals surface area contributed by atoms with Crippen molar-refractivity contribution >= 4 is 0 Å². The zero-order valence-corrected chi connectivity index (χ0v) is 13.4. The van der Waals surface area contributed by atoms with Gasteiger partial charge in [0.15, 0.2) is 0 Å². The lowest BCUT2D eigenvalue weighted by molar-refractivity contribution is -0.135. The molecule has 0 bridgehead atoms. The van der Waals surface area contributed by atoms with Crippen molar-refractivity contribution in [1.29, 1.82) is 0 Å². The van der Waals surface area contributed by atoms with Crippen LogP contribution in [0.2, 0.25) is 0 Å². The van der Waals surface area contributed by atoms with Crippen LogP contribution < -0.4 is 9.47 Å². The van der Waals surface area contributed by atoms with E-state index in [4.69, 9.17) is 14.2 Å². The van der Waals surface area contributed by atoms with E-state index in [-0.39, 0.29) is 0 Å². The molecular formula is C17H26O4. The summed E-state index contributed by atoms with van der Waals surface area (Å²) in [6.07, 6.45) is 3.16. The molecular weight excluding hydrogens is 268 g/mol. The maximum absolute atomic E-state index is 11.1. The van der Waals surface area contributed by atoms with Crippen molar-refractivity contribution in [3.05, 3.63) is 23.8 Å². The largest absolute Gasteiger partial charge is 0.496 e. The van der Waals surface area contributed by atoms with Gasteiger partial charge in [-0.05, 0) is 30.9 Å². The van der Waals surface area contributed by atoms with Gasteiger partial charge in [0, 0.05) is 7.11 Å². The molecule has 0 aromatic heterocycles. The number of methoxy groups -OCH3 is 3. The Kier molecular flexibility index (Phi) is 5.12. The fraction of sp³-hybridized carbons (Fsp3) is 0.647. The van der Waals surface area contributed by atoms with Crippen LogP contribution in [0.4, 0.5) is 0 Å². The van der Waals surface area contributed by atoms with Crippen LogP contribution in [0.5, 0.6) is 11.5 Å². The third-order valence-electron chi connectivity index (χ3n) is 4.64. The highest BCUT2D eigenvalue weighted by molar-refractivity contribution is 5.47. The van der Waals surface area contributed by atoms with E-state index in [1.165, 1.54) is 6.42 Å². The first kappa shape index (κ1) is 16.1. The molecule has 3 atom stereocenters. The molecule has 1 aromatic rings. The summed E-state index contributed by atoms with van der Waals surface area (Å²) >= 11 is 0. The van der Waals surface area contributed by atoms with Gasteiger partial charge in [-0.3, -0.25) is 0 Å². The van der Waals surface area contributed by atoms with Crippen molar-refractivity contribution in [3.63, 3.8) is 0 Å². The lowest BCUT2D eigenvalue weighted by Gasteiger charge is -2.42. The molecule has 1 aliphatic rings. The highest BCUT2D eigenvalue weighted by Gasteiger charge is 2.44. The van der Waals surface area contributed by atoms with Crippen molar-refractivity contribution < 1.29 is 19.3 Å². The minimum atomic E-state index is -0.767. The standard InChI is InChI=1S/C17H26O4/c1-12-7-6-10-17(11-12,21-4)16(18)15-13(19-2)8-5-9-14(15)20-3/h5,8-9,12,16,18H,6-7,10-11H2,1-4H3. The van der Waals surface area contributed by atoms with Gasteiger partial charge in [0.1, 0.15) is 17.6 Å². The zero-order valence-electron chi connectivity index (χ0n) is 13.4. The zero-order chi connectivity index (χ0) is 15.5. The molecule has 21 heavy (non-hydrogen) atoms. The summed E-state index contributed by atoms with van der Waals surface area (Å²) in [6.45, 7) is 2.21. The quantitative estimate of drug-likeness (QED) is 0.905. The average molecular weight is 294 g/mol. The van der Waals surface area contributed by atoms with Crippen LogP contribution in [0, 0.1) is 5.92 Å². The van der Waals surface area contributed by atoms with E-state index >= 15 is 0 Å².